The quantitative estimate of drug-likeness (QED) is 0.491. The molecule has 0 saturated heterocycles. The van der Waals surface area contributed by atoms with Crippen LogP contribution >= 0.6 is 0 Å². The van der Waals surface area contributed by atoms with Crippen LogP contribution in [0.1, 0.15) is 18.1 Å². The average Bonchev–Trinajstić information content (AvgIpc) is 2.73. The normalized spacial score (nSPS) is 12.9. The SMILES string of the molecule is CC(=O)NC(Cc1cc(F)cc(F)c1)C(N)CNCc1ccccc1-c1ccccc1. The minimum atomic E-state index is -0.652. The number of carbonyl (C=O) groups is 1. The van der Waals surface area contributed by atoms with Crippen molar-refractivity contribution in [3.63, 3.8) is 0 Å². The fourth-order valence-corrected chi connectivity index (χ4v) is 3.64. The molecule has 0 aromatic heterocycles. The summed E-state index contributed by atoms with van der Waals surface area (Å²) in [6.07, 6.45) is 0.234. The molecule has 0 saturated carbocycles. The Bertz CT molecular complexity index is 990. The maximum atomic E-state index is 13.5. The second-order valence-corrected chi connectivity index (χ2v) is 7.61. The van der Waals surface area contributed by atoms with Gasteiger partial charge in [-0.3, -0.25) is 4.79 Å². The zero-order valence-corrected chi connectivity index (χ0v) is 17.4. The third-order valence-electron chi connectivity index (χ3n) is 5.08. The van der Waals surface area contributed by atoms with Crippen molar-refractivity contribution in [3.05, 3.63) is 95.6 Å². The number of nitrogens with two attached hydrogens (primary N) is 1. The molecule has 3 aromatic carbocycles. The molecule has 0 aliphatic rings. The van der Waals surface area contributed by atoms with E-state index >= 15 is 0 Å². The minimum Gasteiger partial charge on any atom is -0.352 e. The van der Waals surface area contributed by atoms with E-state index in [0.717, 1.165) is 22.8 Å². The summed E-state index contributed by atoms with van der Waals surface area (Å²) >= 11 is 0. The van der Waals surface area contributed by atoms with Crippen LogP contribution in [0.2, 0.25) is 0 Å². The van der Waals surface area contributed by atoms with Crippen LogP contribution in [0.3, 0.4) is 0 Å². The maximum Gasteiger partial charge on any atom is 0.217 e. The lowest BCUT2D eigenvalue weighted by molar-refractivity contribution is -0.119. The van der Waals surface area contributed by atoms with Crippen molar-refractivity contribution in [2.45, 2.75) is 32.0 Å². The Morgan fingerprint density at radius 1 is 0.968 bits per heavy atom. The highest BCUT2D eigenvalue weighted by Crippen LogP contribution is 2.23. The molecule has 162 valence electrons. The molecule has 0 bridgehead atoms. The van der Waals surface area contributed by atoms with Crippen molar-refractivity contribution in [2.24, 2.45) is 5.73 Å². The number of amides is 1. The lowest BCUT2D eigenvalue weighted by Crippen LogP contribution is -2.52. The third kappa shape index (κ3) is 6.70. The average molecular weight is 424 g/mol. The Balaban J connectivity index is 1.65. The van der Waals surface area contributed by atoms with Crippen LogP contribution in [-0.2, 0) is 17.8 Å². The van der Waals surface area contributed by atoms with Gasteiger partial charge in [-0.2, -0.15) is 0 Å². The Morgan fingerprint density at radius 2 is 1.61 bits per heavy atom. The number of halogens is 2. The van der Waals surface area contributed by atoms with Gasteiger partial charge in [-0.25, -0.2) is 8.78 Å². The monoisotopic (exact) mass is 423 g/mol. The predicted molar refractivity (Wildman–Crippen MR) is 119 cm³/mol. The standard InChI is InChI=1S/C25H27F2N3O/c1-17(31)30-25(13-18-11-21(26)14-22(27)12-18)24(28)16-29-15-20-9-5-6-10-23(20)19-7-3-2-4-8-19/h2-12,14,24-25,29H,13,15-16,28H2,1H3,(H,30,31). The molecule has 2 unspecified atom stereocenters. The molecule has 3 rings (SSSR count). The van der Waals surface area contributed by atoms with E-state index in [4.69, 9.17) is 5.73 Å². The predicted octanol–water partition coefficient (Wildman–Crippen LogP) is 3.80. The van der Waals surface area contributed by atoms with Gasteiger partial charge >= 0.3 is 0 Å². The van der Waals surface area contributed by atoms with Crippen molar-refractivity contribution in [2.75, 3.05) is 6.54 Å². The van der Waals surface area contributed by atoms with Crippen LogP contribution in [0.5, 0.6) is 0 Å². The topological polar surface area (TPSA) is 67.2 Å². The minimum absolute atomic E-state index is 0.234. The molecule has 0 heterocycles. The molecular weight excluding hydrogens is 396 g/mol. The summed E-state index contributed by atoms with van der Waals surface area (Å²) < 4.78 is 27.1. The van der Waals surface area contributed by atoms with Crippen molar-refractivity contribution in [1.82, 2.24) is 10.6 Å². The summed E-state index contributed by atoms with van der Waals surface area (Å²) in [4.78, 5) is 11.6. The van der Waals surface area contributed by atoms with E-state index in [-0.39, 0.29) is 12.3 Å². The van der Waals surface area contributed by atoms with Crippen LogP contribution in [0.25, 0.3) is 11.1 Å². The van der Waals surface area contributed by atoms with Crippen LogP contribution < -0.4 is 16.4 Å². The number of nitrogens with one attached hydrogen (secondary N) is 2. The summed E-state index contributed by atoms with van der Waals surface area (Å²) in [7, 11) is 0. The number of hydrogen-bond acceptors (Lipinski definition) is 3. The molecule has 0 radical (unpaired) electrons. The number of carbonyl (C=O) groups excluding carboxylic acids is 1. The van der Waals surface area contributed by atoms with Gasteiger partial charge in [-0.15, -0.1) is 0 Å². The van der Waals surface area contributed by atoms with Crippen molar-refractivity contribution >= 4 is 5.91 Å². The third-order valence-corrected chi connectivity index (χ3v) is 5.08. The molecule has 3 aromatic rings. The Labute approximate surface area is 181 Å². The van der Waals surface area contributed by atoms with E-state index in [1.54, 1.807) is 0 Å². The van der Waals surface area contributed by atoms with Crippen LogP contribution in [-0.4, -0.2) is 24.5 Å². The number of rotatable bonds is 9. The van der Waals surface area contributed by atoms with Gasteiger partial charge in [0.1, 0.15) is 11.6 Å². The molecule has 4 N–H and O–H groups in total. The second-order valence-electron chi connectivity index (χ2n) is 7.61. The molecule has 31 heavy (non-hydrogen) atoms. The Hall–Kier alpha value is -3.09. The van der Waals surface area contributed by atoms with Gasteiger partial charge in [0.2, 0.25) is 5.91 Å². The van der Waals surface area contributed by atoms with E-state index in [1.807, 2.05) is 30.3 Å². The molecular formula is C25H27F2N3O. The molecule has 0 fully saturated rings. The van der Waals surface area contributed by atoms with E-state index in [1.165, 1.54) is 19.1 Å². The fourth-order valence-electron chi connectivity index (χ4n) is 3.64. The summed E-state index contributed by atoms with van der Waals surface area (Å²) in [6.45, 7) is 2.42. The fraction of sp³-hybridized carbons (Fsp3) is 0.240. The van der Waals surface area contributed by atoms with E-state index in [2.05, 4.69) is 34.9 Å². The first kappa shape index (κ1) is 22.6. The van der Waals surface area contributed by atoms with Gasteiger partial charge < -0.3 is 16.4 Å². The molecule has 0 spiro atoms. The van der Waals surface area contributed by atoms with Gasteiger partial charge in [0, 0.05) is 38.2 Å². The molecule has 6 heteroatoms. The first-order chi connectivity index (χ1) is 14.9. The lowest BCUT2D eigenvalue weighted by atomic mass is 9.98. The van der Waals surface area contributed by atoms with Gasteiger partial charge in [0.25, 0.3) is 0 Å². The number of hydrogen-bond donors (Lipinski definition) is 3. The zero-order valence-electron chi connectivity index (χ0n) is 17.4. The molecule has 2 atom stereocenters. The van der Waals surface area contributed by atoms with Gasteiger partial charge in [0.15, 0.2) is 0 Å². The van der Waals surface area contributed by atoms with Crippen molar-refractivity contribution in [3.8, 4) is 11.1 Å². The summed E-state index contributed by atoms with van der Waals surface area (Å²) in [6, 6.07) is 20.7. The smallest absolute Gasteiger partial charge is 0.217 e. The maximum absolute atomic E-state index is 13.5. The second kappa shape index (κ2) is 10.8. The molecule has 4 nitrogen and oxygen atoms in total. The van der Waals surface area contributed by atoms with Crippen molar-refractivity contribution in [1.29, 1.82) is 0 Å². The summed E-state index contributed by atoms with van der Waals surface area (Å²) in [5, 5.41) is 6.15. The van der Waals surface area contributed by atoms with Crippen LogP contribution in [0.4, 0.5) is 8.78 Å². The first-order valence-electron chi connectivity index (χ1n) is 10.2. The summed E-state index contributed by atoms with van der Waals surface area (Å²) in [5.41, 5.74) is 10.2. The Morgan fingerprint density at radius 3 is 2.29 bits per heavy atom. The Kier molecular flexibility index (Phi) is 7.87. The van der Waals surface area contributed by atoms with E-state index in [9.17, 15) is 13.6 Å². The highest BCUT2D eigenvalue weighted by atomic mass is 19.1. The highest BCUT2D eigenvalue weighted by molar-refractivity contribution is 5.73. The zero-order chi connectivity index (χ0) is 22.2. The van der Waals surface area contributed by atoms with Crippen molar-refractivity contribution < 1.29 is 13.6 Å². The number of benzene rings is 3. The molecule has 0 aliphatic heterocycles. The van der Waals surface area contributed by atoms with Crippen LogP contribution in [0.15, 0.2) is 72.8 Å². The first-order valence-corrected chi connectivity index (χ1v) is 10.2. The van der Waals surface area contributed by atoms with Crippen LogP contribution in [0, 0.1) is 11.6 Å². The molecule has 1 amide bonds. The van der Waals surface area contributed by atoms with Gasteiger partial charge in [-0.1, -0.05) is 54.6 Å². The highest BCUT2D eigenvalue weighted by Gasteiger charge is 2.20. The van der Waals surface area contributed by atoms with Gasteiger partial charge in [-0.05, 0) is 40.8 Å². The molecule has 0 aliphatic carbocycles. The van der Waals surface area contributed by atoms with E-state index in [0.29, 0.717) is 18.7 Å². The summed E-state index contributed by atoms with van der Waals surface area (Å²) in [5.74, 6) is -1.55. The van der Waals surface area contributed by atoms with E-state index < -0.39 is 23.7 Å². The lowest BCUT2D eigenvalue weighted by Gasteiger charge is -2.25. The van der Waals surface area contributed by atoms with Gasteiger partial charge in [0.05, 0.1) is 0 Å². The largest absolute Gasteiger partial charge is 0.352 e.